The smallest absolute Gasteiger partial charge is 0.237 e. The Morgan fingerprint density at radius 3 is 2.82 bits per heavy atom. The van der Waals surface area contributed by atoms with Gasteiger partial charge in [0.1, 0.15) is 5.82 Å². The van der Waals surface area contributed by atoms with Gasteiger partial charge in [0.25, 0.3) is 0 Å². The van der Waals surface area contributed by atoms with Crippen LogP contribution >= 0.6 is 11.8 Å². The summed E-state index contributed by atoms with van der Waals surface area (Å²) in [5.41, 5.74) is 2.61. The van der Waals surface area contributed by atoms with Gasteiger partial charge in [-0.25, -0.2) is 4.39 Å². The molecule has 28 heavy (non-hydrogen) atoms. The number of halogens is 1. The molecule has 1 aromatic carbocycles. The molecule has 144 valence electrons. The Labute approximate surface area is 166 Å². The molecule has 3 heterocycles. The maximum atomic E-state index is 13.5. The van der Waals surface area contributed by atoms with Crippen molar-refractivity contribution in [1.29, 1.82) is 0 Å². The molecule has 0 aliphatic carbocycles. The molecule has 4 rings (SSSR count). The molecule has 0 saturated carbocycles. The van der Waals surface area contributed by atoms with Gasteiger partial charge in [0.2, 0.25) is 5.91 Å². The lowest BCUT2D eigenvalue weighted by atomic mass is 9.96. The number of benzene rings is 1. The monoisotopic (exact) mass is 397 g/mol. The molecule has 0 spiro atoms. The van der Waals surface area contributed by atoms with Crippen molar-refractivity contribution in [3.05, 3.63) is 54.1 Å². The van der Waals surface area contributed by atoms with Crippen LogP contribution in [0.2, 0.25) is 0 Å². The van der Waals surface area contributed by atoms with Crippen LogP contribution in [0.4, 0.5) is 10.1 Å². The van der Waals surface area contributed by atoms with Crippen LogP contribution in [0.5, 0.6) is 0 Å². The van der Waals surface area contributed by atoms with E-state index in [1.54, 1.807) is 23.4 Å². The predicted octanol–water partition coefficient (Wildman–Crippen LogP) is 3.48. The number of nitrogens with zero attached hydrogens (tertiary/aromatic N) is 5. The number of anilines is 1. The second kappa shape index (κ2) is 7.71. The van der Waals surface area contributed by atoms with Crippen LogP contribution in [0.3, 0.4) is 0 Å². The number of carbonyl (C=O) groups is 1. The average molecular weight is 397 g/mol. The molecule has 6 nitrogen and oxygen atoms in total. The fraction of sp³-hybridized carbons (Fsp3) is 0.300. The molecule has 0 fully saturated rings. The van der Waals surface area contributed by atoms with Crippen molar-refractivity contribution in [2.75, 3.05) is 10.7 Å². The van der Waals surface area contributed by atoms with Crippen molar-refractivity contribution in [3.63, 3.8) is 0 Å². The predicted molar refractivity (Wildman–Crippen MR) is 107 cm³/mol. The van der Waals surface area contributed by atoms with Crippen LogP contribution in [0.1, 0.15) is 18.9 Å². The van der Waals surface area contributed by atoms with Crippen molar-refractivity contribution in [3.8, 4) is 11.4 Å². The highest BCUT2D eigenvalue weighted by Crippen LogP contribution is 2.32. The van der Waals surface area contributed by atoms with Gasteiger partial charge in [-0.1, -0.05) is 11.8 Å². The minimum absolute atomic E-state index is 0.0153. The highest BCUT2D eigenvalue weighted by Gasteiger charge is 2.28. The van der Waals surface area contributed by atoms with Crippen molar-refractivity contribution >= 4 is 23.4 Å². The molecule has 1 aliphatic heterocycles. The summed E-state index contributed by atoms with van der Waals surface area (Å²) in [4.78, 5) is 18.8. The number of pyridine rings is 1. The van der Waals surface area contributed by atoms with E-state index in [1.165, 1.54) is 23.9 Å². The van der Waals surface area contributed by atoms with E-state index in [9.17, 15) is 9.18 Å². The summed E-state index contributed by atoms with van der Waals surface area (Å²) < 4.78 is 15.4. The van der Waals surface area contributed by atoms with Gasteiger partial charge in [-0.2, -0.15) is 0 Å². The average Bonchev–Trinajstić information content (AvgIpc) is 3.07. The lowest BCUT2D eigenvalue weighted by molar-refractivity contribution is -0.116. The van der Waals surface area contributed by atoms with Gasteiger partial charge in [0.05, 0.1) is 5.75 Å². The standard InChI is InChI=1S/C20H20FN5OS/c1-13-3-4-15-11-16(21)5-6-17(15)26(13)18(27)12-28-20-24-23-19(25(20)2)14-7-9-22-10-8-14/h5-11,13H,3-4,12H2,1-2H3. The fourth-order valence-corrected chi connectivity index (χ4v) is 4.26. The van der Waals surface area contributed by atoms with E-state index in [4.69, 9.17) is 0 Å². The maximum Gasteiger partial charge on any atom is 0.237 e. The largest absolute Gasteiger partial charge is 0.309 e. The second-order valence-electron chi connectivity index (χ2n) is 6.81. The second-order valence-corrected chi connectivity index (χ2v) is 7.76. The molecular weight excluding hydrogens is 377 g/mol. The topological polar surface area (TPSA) is 63.9 Å². The SMILES string of the molecule is CC1CCc2cc(F)ccc2N1C(=O)CSc1nnc(-c2ccncc2)n1C. The fourth-order valence-electron chi connectivity index (χ4n) is 3.49. The zero-order valence-electron chi connectivity index (χ0n) is 15.7. The Hall–Kier alpha value is -2.74. The summed E-state index contributed by atoms with van der Waals surface area (Å²) in [6, 6.07) is 8.46. The zero-order valence-corrected chi connectivity index (χ0v) is 16.5. The van der Waals surface area contributed by atoms with Crippen LogP contribution < -0.4 is 4.90 Å². The van der Waals surface area contributed by atoms with Crippen LogP contribution in [0.15, 0.2) is 47.9 Å². The van der Waals surface area contributed by atoms with Gasteiger partial charge in [-0.05, 0) is 55.7 Å². The van der Waals surface area contributed by atoms with Crippen LogP contribution in [0.25, 0.3) is 11.4 Å². The van der Waals surface area contributed by atoms with E-state index < -0.39 is 0 Å². The third-order valence-corrected chi connectivity index (χ3v) is 5.95. The molecular formula is C20H20FN5OS. The summed E-state index contributed by atoms with van der Waals surface area (Å²) in [5.74, 6) is 0.685. The number of hydrogen-bond acceptors (Lipinski definition) is 5. The van der Waals surface area contributed by atoms with Crippen molar-refractivity contribution in [2.24, 2.45) is 7.05 Å². The Morgan fingerprint density at radius 2 is 2.04 bits per heavy atom. The number of thioether (sulfide) groups is 1. The molecule has 1 amide bonds. The molecule has 2 aromatic heterocycles. The maximum absolute atomic E-state index is 13.5. The minimum Gasteiger partial charge on any atom is -0.309 e. The van der Waals surface area contributed by atoms with E-state index >= 15 is 0 Å². The molecule has 1 unspecified atom stereocenters. The van der Waals surface area contributed by atoms with Gasteiger partial charge < -0.3 is 9.47 Å². The van der Waals surface area contributed by atoms with Crippen molar-refractivity contribution in [2.45, 2.75) is 31.0 Å². The van der Waals surface area contributed by atoms with Gasteiger partial charge in [0.15, 0.2) is 11.0 Å². The van der Waals surface area contributed by atoms with Crippen molar-refractivity contribution in [1.82, 2.24) is 19.7 Å². The molecule has 1 aliphatic rings. The number of rotatable bonds is 4. The van der Waals surface area contributed by atoms with Crippen LogP contribution in [0, 0.1) is 5.82 Å². The molecule has 0 bridgehead atoms. The summed E-state index contributed by atoms with van der Waals surface area (Å²) >= 11 is 1.35. The Kier molecular flexibility index (Phi) is 5.13. The van der Waals surface area contributed by atoms with E-state index in [2.05, 4.69) is 15.2 Å². The first-order chi connectivity index (χ1) is 13.5. The van der Waals surface area contributed by atoms with Crippen LogP contribution in [-0.2, 0) is 18.3 Å². The first-order valence-electron chi connectivity index (χ1n) is 9.07. The highest BCUT2D eigenvalue weighted by molar-refractivity contribution is 7.99. The summed E-state index contributed by atoms with van der Waals surface area (Å²) in [6.45, 7) is 2.03. The summed E-state index contributed by atoms with van der Waals surface area (Å²) in [6.07, 6.45) is 5.02. The van der Waals surface area contributed by atoms with E-state index in [0.29, 0.717) is 5.16 Å². The van der Waals surface area contributed by atoms with Gasteiger partial charge >= 0.3 is 0 Å². The van der Waals surface area contributed by atoms with Crippen molar-refractivity contribution < 1.29 is 9.18 Å². The zero-order chi connectivity index (χ0) is 19.7. The number of carbonyl (C=O) groups excluding carboxylic acids is 1. The lowest BCUT2D eigenvalue weighted by Crippen LogP contribution is -2.43. The summed E-state index contributed by atoms with van der Waals surface area (Å²) in [7, 11) is 1.88. The number of amides is 1. The quantitative estimate of drug-likeness (QED) is 0.631. The number of fused-ring (bicyclic) bond motifs is 1. The normalized spacial score (nSPS) is 16.1. The number of hydrogen-bond donors (Lipinski definition) is 0. The van der Waals surface area contributed by atoms with Gasteiger partial charge in [-0.3, -0.25) is 9.78 Å². The molecule has 0 saturated heterocycles. The van der Waals surface area contributed by atoms with E-state index in [0.717, 1.165) is 35.5 Å². The molecule has 3 aromatic rings. The highest BCUT2D eigenvalue weighted by atomic mass is 32.2. The first kappa shape index (κ1) is 18.6. The summed E-state index contributed by atoms with van der Waals surface area (Å²) in [5, 5.41) is 9.12. The molecule has 1 atom stereocenters. The molecule has 8 heteroatoms. The third kappa shape index (κ3) is 3.52. The lowest BCUT2D eigenvalue weighted by Gasteiger charge is -2.35. The Bertz CT molecular complexity index is 1010. The first-order valence-corrected chi connectivity index (χ1v) is 10.1. The van der Waals surface area contributed by atoms with Gasteiger partial charge in [-0.15, -0.1) is 10.2 Å². The molecule has 0 radical (unpaired) electrons. The Morgan fingerprint density at radius 1 is 1.25 bits per heavy atom. The molecule has 0 N–H and O–H groups in total. The van der Waals surface area contributed by atoms with E-state index in [-0.39, 0.29) is 23.5 Å². The number of aromatic nitrogens is 4. The van der Waals surface area contributed by atoms with Gasteiger partial charge in [0, 0.05) is 36.7 Å². The Balaban J connectivity index is 1.51. The van der Waals surface area contributed by atoms with E-state index in [1.807, 2.05) is 30.7 Å². The minimum atomic E-state index is -0.266. The van der Waals surface area contributed by atoms with Crippen LogP contribution in [-0.4, -0.2) is 37.5 Å². The number of aryl methyl sites for hydroxylation is 1. The third-order valence-electron chi connectivity index (χ3n) is 4.94.